The maximum atomic E-state index is 6.06. The van der Waals surface area contributed by atoms with E-state index >= 15 is 0 Å². The average Bonchev–Trinajstić information content (AvgIpc) is 3.16. The molecular formula is C17H18ClN5. The fourth-order valence-corrected chi connectivity index (χ4v) is 3.54. The van der Waals surface area contributed by atoms with Crippen molar-refractivity contribution in [1.82, 2.24) is 19.7 Å². The van der Waals surface area contributed by atoms with Gasteiger partial charge in [-0.1, -0.05) is 11.6 Å². The summed E-state index contributed by atoms with van der Waals surface area (Å²) >= 11 is 6.06. The van der Waals surface area contributed by atoms with Gasteiger partial charge in [-0.15, -0.1) is 0 Å². The van der Waals surface area contributed by atoms with Crippen molar-refractivity contribution in [2.24, 2.45) is 13.0 Å². The van der Waals surface area contributed by atoms with Gasteiger partial charge in [-0.2, -0.15) is 5.10 Å². The van der Waals surface area contributed by atoms with Crippen molar-refractivity contribution in [3.05, 3.63) is 47.5 Å². The Balaban J connectivity index is 1.55. The van der Waals surface area contributed by atoms with Crippen LogP contribution in [0.25, 0.3) is 10.9 Å². The zero-order valence-electron chi connectivity index (χ0n) is 13.0. The lowest BCUT2D eigenvalue weighted by Gasteiger charge is -2.19. The van der Waals surface area contributed by atoms with Gasteiger partial charge in [0, 0.05) is 36.7 Å². The smallest absolute Gasteiger partial charge is 0.139 e. The number of fused-ring (bicyclic) bond motifs is 1. The predicted octanol–water partition coefficient (Wildman–Crippen LogP) is 3.09. The fourth-order valence-electron chi connectivity index (χ4n) is 3.37. The summed E-state index contributed by atoms with van der Waals surface area (Å²) in [5.74, 6) is 1.65. The molecule has 0 radical (unpaired) electrons. The molecule has 1 saturated heterocycles. The minimum Gasteiger partial charge on any atom is -0.356 e. The molecule has 1 atom stereocenters. The van der Waals surface area contributed by atoms with Crippen LogP contribution in [0.3, 0.4) is 0 Å². The van der Waals surface area contributed by atoms with E-state index in [9.17, 15) is 0 Å². The molecule has 1 aliphatic heterocycles. The largest absolute Gasteiger partial charge is 0.356 e. The van der Waals surface area contributed by atoms with Gasteiger partial charge in [0.1, 0.15) is 12.1 Å². The van der Waals surface area contributed by atoms with Crippen LogP contribution in [-0.4, -0.2) is 32.8 Å². The molecule has 3 aromatic rings. The highest BCUT2D eigenvalue weighted by Gasteiger charge is 2.25. The standard InChI is InChI=1S/C17H18ClN5/c1-22-9-13(8-21-22)6-12-4-5-23(10-12)17-15-3-2-14(18)7-16(15)19-11-20-17/h2-3,7-9,11-12H,4-6,10H2,1H3. The van der Waals surface area contributed by atoms with Crippen molar-refractivity contribution in [3.63, 3.8) is 0 Å². The minimum atomic E-state index is 0.636. The highest BCUT2D eigenvalue weighted by Crippen LogP contribution is 2.30. The molecule has 1 aliphatic rings. The second-order valence-electron chi connectivity index (χ2n) is 6.19. The molecule has 0 spiro atoms. The van der Waals surface area contributed by atoms with Crippen LogP contribution in [0.1, 0.15) is 12.0 Å². The lowest BCUT2D eigenvalue weighted by atomic mass is 10.0. The highest BCUT2D eigenvalue weighted by molar-refractivity contribution is 6.31. The van der Waals surface area contributed by atoms with E-state index in [2.05, 4.69) is 26.2 Å². The van der Waals surface area contributed by atoms with Gasteiger partial charge < -0.3 is 4.90 Å². The monoisotopic (exact) mass is 327 g/mol. The van der Waals surface area contributed by atoms with Gasteiger partial charge in [0.2, 0.25) is 0 Å². The van der Waals surface area contributed by atoms with Crippen LogP contribution in [0.2, 0.25) is 5.02 Å². The van der Waals surface area contributed by atoms with E-state index in [1.807, 2.05) is 36.1 Å². The van der Waals surface area contributed by atoms with E-state index in [-0.39, 0.29) is 0 Å². The molecule has 0 aliphatic carbocycles. The van der Waals surface area contributed by atoms with Gasteiger partial charge in [-0.05, 0) is 42.5 Å². The van der Waals surface area contributed by atoms with Gasteiger partial charge in [0.15, 0.2) is 0 Å². The van der Waals surface area contributed by atoms with Gasteiger partial charge in [-0.25, -0.2) is 9.97 Å². The number of halogens is 1. The van der Waals surface area contributed by atoms with Gasteiger partial charge in [-0.3, -0.25) is 4.68 Å². The molecule has 6 heteroatoms. The van der Waals surface area contributed by atoms with Crippen LogP contribution < -0.4 is 4.90 Å². The minimum absolute atomic E-state index is 0.636. The van der Waals surface area contributed by atoms with E-state index in [0.29, 0.717) is 10.9 Å². The van der Waals surface area contributed by atoms with Crippen molar-refractivity contribution >= 4 is 28.3 Å². The molecule has 0 amide bonds. The third kappa shape index (κ3) is 2.88. The zero-order valence-corrected chi connectivity index (χ0v) is 13.7. The fraction of sp³-hybridized carbons (Fsp3) is 0.353. The summed E-state index contributed by atoms with van der Waals surface area (Å²) < 4.78 is 1.86. The third-order valence-corrected chi connectivity index (χ3v) is 4.68. The molecule has 0 saturated carbocycles. The summed E-state index contributed by atoms with van der Waals surface area (Å²) in [6.45, 7) is 2.04. The van der Waals surface area contributed by atoms with Gasteiger partial charge in [0.05, 0.1) is 11.7 Å². The van der Waals surface area contributed by atoms with E-state index in [1.165, 1.54) is 12.0 Å². The maximum absolute atomic E-state index is 6.06. The Morgan fingerprint density at radius 2 is 2.22 bits per heavy atom. The lowest BCUT2D eigenvalue weighted by Crippen LogP contribution is -2.21. The molecule has 1 aromatic carbocycles. The first kappa shape index (κ1) is 14.5. The number of nitrogens with zero attached hydrogens (tertiary/aromatic N) is 5. The number of aromatic nitrogens is 4. The first-order valence-corrected chi connectivity index (χ1v) is 8.19. The van der Waals surface area contributed by atoms with Crippen LogP contribution in [-0.2, 0) is 13.5 Å². The quantitative estimate of drug-likeness (QED) is 0.741. The first-order valence-electron chi connectivity index (χ1n) is 7.82. The van der Waals surface area contributed by atoms with Crippen LogP contribution in [0.4, 0.5) is 5.82 Å². The van der Waals surface area contributed by atoms with Crippen molar-refractivity contribution in [2.45, 2.75) is 12.8 Å². The van der Waals surface area contributed by atoms with Crippen molar-refractivity contribution in [3.8, 4) is 0 Å². The van der Waals surface area contributed by atoms with Crippen LogP contribution in [0.15, 0.2) is 36.9 Å². The van der Waals surface area contributed by atoms with Gasteiger partial charge >= 0.3 is 0 Å². The highest BCUT2D eigenvalue weighted by atomic mass is 35.5. The molecule has 1 unspecified atom stereocenters. The molecule has 3 heterocycles. The Labute approximate surface area is 139 Å². The normalized spacial score (nSPS) is 18.0. The SMILES string of the molecule is Cn1cc(CC2CCN(c3ncnc4cc(Cl)ccc34)C2)cn1. The van der Waals surface area contributed by atoms with Crippen molar-refractivity contribution in [2.75, 3.05) is 18.0 Å². The van der Waals surface area contributed by atoms with Crippen LogP contribution in [0.5, 0.6) is 0 Å². The average molecular weight is 328 g/mol. The number of benzene rings is 1. The summed E-state index contributed by atoms with van der Waals surface area (Å²) in [4.78, 5) is 11.2. The van der Waals surface area contributed by atoms with E-state index in [4.69, 9.17) is 11.6 Å². The Kier molecular flexibility index (Phi) is 3.65. The third-order valence-electron chi connectivity index (χ3n) is 4.45. The zero-order chi connectivity index (χ0) is 15.8. The molecule has 23 heavy (non-hydrogen) atoms. The second-order valence-corrected chi connectivity index (χ2v) is 6.62. The lowest BCUT2D eigenvalue weighted by molar-refractivity contribution is 0.586. The summed E-state index contributed by atoms with van der Waals surface area (Å²) in [5.41, 5.74) is 2.21. The number of hydrogen-bond donors (Lipinski definition) is 0. The van der Waals surface area contributed by atoms with Crippen molar-refractivity contribution < 1.29 is 0 Å². The molecule has 4 rings (SSSR count). The van der Waals surface area contributed by atoms with Gasteiger partial charge in [0.25, 0.3) is 0 Å². The maximum Gasteiger partial charge on any atom is 0.139 e. The molecular weight excluding hydrogens is 310 g/mol. The Hall–Kier alpha value is -2.14. The Bertz CT molecular complexity index is 844. The molecule has 5 nitrogen and oxygen atoms in total. The molecule has 0 N–H and O–H groups in total. The number of hydrogen-bond acceptors (Lipinski definition) is 4. The molecule has 2 aromatic heterocycles. The van der Waals surface area contributed by atoms with Crippen LogP contribution >= 0.6 is 11.6 Å². The molecule has 0 bridgehead atoms. The van der Waals surface area contributed by atoms with E-state index < -0.39 is 0 Å². The van der Waals surface area contributed by atoms with E-state index in [0.717, 1.165) is 36.2 Å². The molecule has 118 valence electrons. The molecule has 1 fully saturated rings. The van der Waals surface area contributed by atoms with Crippen LogP contribution in [0, 0.1) is 5.92 Å². The number of aryl methyl sites for hydroxylation is 1. The summed E-state index contributed by atoms with van der Waals surface area (Å²) in [5, 5.41) is 6.03. The second kappa shape index (κ2) is 5.81. The van der Waals surface area contributed by atoms with Crippen molar-refractivity contribution in [1.29, 1.82) is 0 Å². The predicted molar refractivity (Wildman–Crippen MR) is 91.8 cm³/mol. The number of rotatable bonds is 3. The first-order chi connectivity index (χ1) is 11.2. The Morgan fingerprint density at radius 1 is 1.30 bits per heavy atom. The Morgan fingerprint density at radius 3 is 3.04 bits per heavy atom. The summed E-state index contributed by atoms with van der Waals surface area (Å²) in [6.07, 6.45) is 7.94. The summed E-state index contributed by atoms with van der Waals surface area (Å²) in [7, 11) is 1.96. The van der Waals surface area contributed by atoms with E-state index in [1.54, 1.807) is 6.33 Å². The number of anilines is 1. The topological polar surface area (TPSA) is 46.8 Å². The summed E-state index contributed by atoms with van der Waals surface area (Å²) in [6, 6.07) is 5.81.